The maximum Gasteiger partial charge on any atom is 0.417 e. The fourth-order valence-electron chi connectivity index (χ4n) is 1.61. The number of amides is 1. The molecular formula is C12H11F3N2O4. The second-order valence-corrected chi connectivity index (χ2v) is 4.19. The van der Waals surface area contributed by atoms with E-state index in [1.165, 1.54) is 18.2 Å². The van der Waals surface area contributed by atoms with Gasteiger partial charge in [0.2, 0.25) is 5.91 Å². The molecule has 0 aliphatic heterocycles. The van der Waals surface area contributed by atoms with E-state index in [2.05, 4.69) is 15.0 Å². The molecule has 0 unspecified atom stereocenters. The Labute approximate surface area is 115 Å². The normalized spacial score (nSPS) is 11.8. The molecule has 1 aromatic heterocycles. The van der Waals surface area contributed by atoms with E-state index in [1.54, 1.807) is 0 Å². The molecule has 9 heteroatoms. The molecule has 0 aliphatic carbocycles. The highest BCUT2D eigenvalue weighted by molar-refractivity contribution is 5.92. The van der Waals surface area contributed by atoms with E-state index in [4.69, 9.17) is 4.42 Å². The fraction of sp³-hybridized carbons (Fsp3) is 0.333. The van der Waals surface area contributed by atoms with Crippen molar-refractivity contribution in [3.63, 3.8) is 0 Å². The van der Waals surface area contributed by atoms with E-state index in [-0.39, 0.29) is 13.0 Å². The number of alkyl halides is 3. The summed E-state index contributed by atoms with van der Waals surface area (Å²) in [7, 11) is 0. The van der Waals surface area contributed by atoms with Crippen LogP contribution in [0.5, 0.6) is 0 Å². The fourth-order valence-corrected chi connectivity index (χ4v) is 1.61. The summed E-state index contributed by atoms with van der Waals surface area (Å²) in [5.41, 5.74) is 1.14. The number of oxazole rings is 1. The van der Waals surface area contributed by atoms with Crippen LogP contribution in [-0.4, -0.2) is 30.3 Å². The molecule has 2 rings (SSSR count). The zero-order chi connectivity index (χ0) is 15.5. The molecule has 0 radical (unpaired) electrons. The number of hydrogen-bond donors (Lipinski definition) is 2. The molecule has 21 heavy (non-hydrogen) atoms. The van der Waals surface area contributed by atoms with E-state index < -0.39 is 24.4 Å². The highest BCUT2D eigenvalue weighted by atomic mass is 19.4. The minimum atomic E-state index is -4.41. The van der Waals surface area contributed by atoms with E-state index in [9.17, 15) is 22.8 Å². The number of benzene rings is 1. The Morgan fingerprint density at radius 3 is 2.86 bits per heavy atom. The zero-order valence-electron chi connectivity index (χ0n) is 10.6. The lowest BCUT2D eigenvalue weighted by Gasteiger charge is -2.08. The number of aromatic nitrogens is 1. The number of carbonyl (C=O) groups excluding carboxylic acids is 1. The molecule has 1 heterocycles. The molecule has 1 amide bonds. The third-order valence-corrected chi connectivity index (χ3v) is 2.44. The lowest BCUT2D eigenvalue weighted by molar-refractivity contribution is -0.174. The van der Waals surface area contributed by atoms with Crippen molar-refractivity contribution in [1.29, 1.82) is 0 Å². The van der Waals surface area contributed by atoms with Gasteiger partial charge in [0.05, 0.1) is 18.5 Å². The van der Waals surface area contributed by atoms with Crippen LogP contribution < -0.4 is 11.1 Å². The number of rotatable bonds is 5. The van der Waals surface area contributed by atoms with Gasteiger partial charge in [-0.25, -0.2) is 4.79 Å². The predicted octanol–water partition coefficient (Wildman–Crippen LogP) is 2.03. The van der Waals surface area contributed by atoms with Gasteiger partial charge in [-0.1, -0.05) is 0 Å². The van der Waals surface area contributed by atoms with Crippen molar-refractivity contribution in [1.82, 2.24) is 4.98 Å². The first kappa shape index (κ1) is 15.1. The van der Waals surface area contributed by atoms with Gasteiger partial charge >= 0.3 is 11.9 Å². The molecule has 2 N–H and O–H groups in total. The Balaban J connectivity index is 1.85. The van der Waals surface area contributed by atoms with Gasteiger partial charge in [-0.05, 0) is 18.2 Å². The molecular weight excluding hydrogens is 293 g/mol. The Morgan fingerprint density at radius 2 is 2.14 bits per heavy atom. The summed E-state index contributed by atoms with van der Waals surface area (Å²) in [5, 5.41) is 2.48. The maximum atomic E-state index is 11.8. The van der Waals surface area contributed by atoms with Crippen LogP contribution in [0.1, 0.15) is 6.42 Å². The van der Waals surface area contributed by atoms with Gasteiger partial charge in [0.25, 0.3) is 0 Å². The Bertz CT molecular complexity index is 690. The second kappa shape index (κ2) is 6.00. The van der Waals surface area contributed by atoms with Crippen LogP contribution in [0.15, 0.2) is 27.4 Å². The number of aromatic amines is 1. The smallest absolute Gasteiger partial charge is 0.408 e. The number of H-pyrrole nitrogens is 1. The van der Waals surface area contributed by atoms with Crippen LogP contribution in [0.2, 0.25) is 0 Å². The van der Waals surface area contributed by atoms with Gasteiger partial charge in [0, 0.05) is 5.69 Å². The maximum absolute atomic E-state index is 11.8. The summed E-state index contributed by atoms with van der Waals surface area (Å²) in [5.74, 6) is -1.11. The molecule has 114 valence electrons. The van der Waals surface area contributed by atoms with Crippen LogP contribution >= 0.6 is 0 Å². The van der Waals surface area contributed by atoms with Crippen molar-refractivity contribution in [3.05, 3.63) is 28.7 Å². The van der Waals surface area contributed by atoms with Crippen LogP contribution in [0.4, 0.5) is 18.9 Å². The molecule has 0 bridgehead atoms. The van der Waals surface area contributed by atoms with Crippen LogP contribution in [-0.2, 0) is 9.53 Å². The van der Waals surface area contributed by atoms with Crippen molar-refractivity contribution < 1.29 is 27.1 Å². The summed E-state index contributed by atoms with van der Waals surface area (Å²) < 4.78 is 44.6. The monoisotopic (exact) mass is 304 g/mol. The standard InChI is InChI=1S/C12H11F3N2O4/c13-12(14,15)6-20-4-3-10(18)16-7-1-2-9-8(5-7)17-11(19)21-9/h1-2,5H,3-4,6H2,(H,16,18)(H,17,19). The van der Waals surface area contributed by atoms with Crippen molar-refractivity contribution in [3.8, 4) is 0 Å². The molecule has 0 atom stereocenters. The van der Waals surface area contributed by atoms with Crippen molar-refractivity contribution in [2.75, 3.05) is 18.5 Å². The zero-order valence-corrected chi connectivity index (χ0v) is 10.6. The molecule has 0 aliphatic rings. The SMILES string of the molecule is O=C(CCOCC(F)(F)F)Nc1ccc2oc(=O)[nH]c2c1. The largest absolute Gasteiger partial charge is 0.417 e. The third kappa shape index (κ3) is 4.63. The van der Waals surface area contributed by atoms with Gasteiger partial charge < -0.3 is 14.5 Å². The average Bonchev–Trinajstić information content (AvgIpc) is 2.73. The van der Waals surface area contributed by atoms with Gasteiger partial charge in [0.15, 0.2) is 5.58 Å². The molecule has 2 aromatic rings. The molecule has 0 saturated carbocycles. The minimum absolute atomic E-state index is 0.212. The van der Waals surface area contributed by atoms with Gasteiger partial charge in [0.1, 0.15) is 6.61 Å². The van der Waals surface area contributed by atoms with Gasteiger partial charge in [-0.3, -0.25) is 9.78 Å². The minimum Gasteiger partial charge on any atom is -0.408 e. The van der Waals surface area contributed by atoms with E-state index >= 15 is 0 Å². The molecule has 1 aromatic carbocycles. The van der Waals surface area contributed by atoms with Crippen LogP contribution in [0, 0.1) is 0 Å². The molecule has 0 fully saturated rings. The Kier molecular flexibility index (Phi) is 4.32. The summed E-state index contributed by atoms with van der Waals surface area (Å²) in [6.07, 6.45) is -4.62. The van der Waals surface area contributed by atoms with E-state index in [1.807, 2.05) is 0 Å². The van der Waals surface area contributed by atoms with Gasteiger partial charge in [-0.15, -0.1) is 0 Å². The van der Waals surface area contributed by atoms with Crippen molar-refractivity contribution in [2.24, 2.45) is 0 Å². The third-order valence-electron chi connectivity index (χ3n) is 2.44. The van der Waals surface area contributed by atoms with Gasteiger partial charge in [-0.2, -0.15) is 13.2 Å². The predicted molar refractivity (Wildman–Crippen MR) is 67.0 cm³/mol. The number of fused-ring (bicyclic) bond motifs is 1. The Hall–Kier alpha value is -2.29. The number of hydrogen-bond acceptors (Lipinski definition) is 4. The number of halogens is 3. The van der Waals surface area contributed by atoms with Crippen molar-refractivity contribution in [2.45, 2.75) is 12.6 Å². The summed E-state index contributed by atoms with van der Waals surface area (Å²) in [6, 6.07) is 4.48. The highest BCUT2D eigenvalue weighted by Gasteiger charge is 2.27. The number of ether oxygens (including phenoxy) is 1. The first-order valence-corrected chi connectivity index (χ1v) is 5.91. The molecule has 0 spiro atoms. The van der Waals surface area contributed by atoms with Crippen LogP contribution in [0.3, 0.4) is 0 Å². The average molecular weight is 304 g/mol. The van der Waals surface area contributed by atoms with Crippen LogP contribution in [0.25, 0.3) is 11.1 Å². The van der Waals surface area contributed by atoms with E-state index in [0.717, 1.165) is 0 Å². The van der Waals surface area contributed by atoms with Crippen molar-refractivity contribution >= 4 is 22.7 Å². The number of carbonyl (C=O) groups is 1. The Morgan fingerprint density at radius 1 is 1.38 bits per heavy atom. The highest BCUT2D eigenvalue weighted by Crippen LogP contribution is 2.17. The number of anilines is 1. The first-order chi connectivity index (χ1) is 9.83. The first-order valence-electron chi connectivity index (χ1n) is 5.91. The topological polar surface area (TPSA) is 84.3 Å². The number of nitrogens with one attached hydrogen (secondary N) is 2. The second-order valence-electron chi connectivity index (χ2n) is 4.19. The lowest BCUT2D eigenvalue weighted by atomic mass is 10.3. The quantitative estimate of drug-likeness (QED) is 0.828. The lowest BCUT2D eigenvalue weighted by Crippen LogP contribution is -2.20. The summed E-state index contributed by atoms with van der Waals surface area (Å²) >= 11 is 0. The summed E-state index contributed by atoms with van der Waals surface area (Å²) in [4.78, 5) is 24.9. The molecule has 6 nitrogen and oxygen atoms in total. The molecule has 0 saturated heterocycles. The summed E-state index contributed by atoms with van der Waals surface area (Å²) in [6.45, 7) is -1.72. The van der Waals surface area contributed by atoms with E-state index in [0.29, 0.717) is 16.8 Å².